The van der Waals surface area contributed by atoms with Crippen molar-refractivity contribution in [3.63, 3.8) is 0 Å². The largest absolute Gasteiger partial charge is 0.465 e. The Labute approximate surface area is 104 Å². The monoisotopic (exact) mass is 244 g/mol. The fraction of sp³-hybridized carbons (Fsp3) is 0.154. The van der Waals surface area contributed by atoms with E-state index in [9.17, 15) is 4.79 Å². The Bertz CT molecular complexity index is 555. The van der Waals surface area contributed by atoms with Crippen LogP contribution in [0.5, 0.6) is 11.6 Å². The van der Waals surface area contributed by atoms with Gasteiger partial charge in [0.15, 0.2) is 0 Å². The van der Waals surface area contributed by atoms with Crippen LogP contribution in [0.3, 0.4) is 0 Å². The Balaban J connectivity index is 2.36. The van der Waals surface area contributed by atoms with Gasteiger partial charge in [-0.3, -0.25) is 0 Å². The Morgan fingerprint density at radius 1 is 1.22 bits per heavy atom. The van der Waals surface area contributed by atoms with Gasteiger partial charge in [0, 0.05) is 6.20 Å². The second-order valence-electron chi connectivity index (χ2n) is 3.54. The number of methoxy groups -OCH3 is 1. The summed E-state index contributed by atoms with van der Waals surface area (Å²) in [4.78, 5) is 19.6. The molecule has 0 bridgehead atoms. The minimum Gasteiger partial charge on any atom is -0.465 e. The van der Waals surface area contributed by atoms with Gasteiger partial charge in [-0.1, -0.05) is 18.2 Å². The minimum absolute atomic E-state index is 0.195. The van der Waals surface area contributed by atoms with Crippen LogP contribution in [0.25, 0.3) is 0 Å². The molecule has 0 aliphatic heterocycles. The molecule has 18 heavy (non-hydrogen) atoms. The van der Waals surface area contributed by atoms with E-state index in [1.165, 1.54) is 13.3 Å². The first kappa shape index (κ1) is 12.0. The summed E-state index contributed by atoms with van der Waals surface area (Å²) in [5.41, 5.74) is 0.201. The van der Waals surface area contributed by atoms with Gasteiger partial charge in [0.05, 0.1) is 7.11 Å². The van der Waals surface area contributed by atoms with Gasteiger partial charge < -0.3 is 9.47 Å². The third-order valence-electron chi connectivity index (χ3n) is 2.24. The lowest BCUT2D eigenvalue weighted by molar-refractivity contribution is 0.0596. The molecule has 0 fully saturated rings. The van der Waals surface area contributed by atoms with Crippen LogP contribution in [0.15, 0.2) is 36.5 Å². The smallest absolute Gasteiger partial charge is 0.345 e. The highest BCUT2D eigenvalue weighted by molar-refractivity contribution is 5.91. The molecule has 2 aromatic rings. The average molecular weight is 244 g/mol. The van der Waals surface area contributed by atoms with Gasteiger partial charge in [0.1, 0.15) is 17.1 Å². The summed E-state index contributed by atoms with van der Waals surface area (Å²) < 4.78 is 10.2. The zero-order chi connectivity index (χ0) is 13.0. The van der Waals surface area contributed by atoms with Crippen LogP contribution >= 0.6 is 0 Å². The Morgan fingerprint density at radius 2 is 1.94 bits per heavy atom. The highest BCUT2D eigenvalue weighted by Crippen LogP contribution is 2.23. The van der Waals surface area contributed by atoms with E-state index in [2.05, 4.69) is 14.7 Å². The van der Waals surface area contributed by atoms with Crippen molar-refractivity contribution < 1.29 is 14.3 Å². The molecule has 1 heterocycles. The van der Waals surface area contributed by atoms with E-state index in [0.29, 0.717) is 11.6 Å². The number of carbonyl (C=O) groups is 1. The molecule has 5 nitrogen and oxygen atoms in total. The number of hydrogen-bond acceptors (Lipinski definition) is 5. The second-order valence-corrected chi connectivity index (χ2v) is 3.54. The van der Waals surface area contributed by atoms with Crippen LogP contribution in [0.4, 0.5) is 0 Å². The van der Waals surface area contributed by atoms with Gasteiger partial charge in [-0.15, -0.1) is 0 Å². The Morgan fingerprint density at radius 3 is 2.61 bits per heavy atom. The molecule has 1 aromatic heterocycles. The van der Waals surface area contributed by atoms with Crippen molar-refractivity contribution in [2.75, 3.05) is 7.11 Å². The van der Waals surface area contributed by atoms with Crippen molar-refractivity contribution in [1.29, 1.82) is 0 Å². The van der Waals surface area contributed by atoms with Crippen LogP contribution in [-0.2, 0) is 4.74 Å². The Hall–Kier alpha value is -2.43. The van der Waals surface area contributed by atoms with Crippen molar-refractivity contribution in [2.24, 2.45) is 0 Å². The van der Waals surface area contributed by atoms with Crippen LogP contribution in [0.1, 0.15) is 16.2 Å². The van der Waals surface area contributed by atoms with Crippen LogP contribution < -0.4 is 4.74 Å². The van der Waals surface area contributed by atoms with E-state index in [4.69, 9.17) is 4.74 Å². The van der Waals surface area contributed by atoms with E-state index in [1.807, 2.05) is 18.2 Å². The zero-order valence-electron chi connectivity index (χ0n) is 10.1. The second kappa shape index (κ2) is 5.27. The molecule has 0 aliphatic rings. The lowest BCUT2D eigenvalue weighted by atomic mass is 10.3. The highest BCUT2D eigenvalue weighted by Gasteiger charge is 2.16. The normalized spacial score (nSPS) is 9.89. The first-order valence-corrected chi connectivity index (χ1v) is 5.35. The quantitative estimate of drug-likeness (QED) is 0.775. The molecule has 0 saturated carbocycles. The number of ether oxygens (including phenoxy) is 2. The van der Waals surface area contributed by atoms with Gasteiger partial charge in [-0.2, -0.15) is 4.98 Å². The molecular formula is C13H12N2O3. The number of carbonyl (C=O) groups excluding carboxylic acids is 1. The van der Waals surface area contributed by atoms with Gasteiger partial charge in [0.25, 0.3) is 0 Å². The number of benzene rings is 1. The molecule has 0 amide bonds. The Kier molecular flexibility index (Phi) is 3.52. The molecule has 5 heteroatoms. The van der Waals surface area contributed by atoms with Gasteiger partial charge in [-0.05, 0) is 19.1 Å². The van der Waals surface area contributed by atoms with Crippen molar-refractivity contribution in [2.45, 2.75) is 6.92 Å². The van der Waals surface area contributed by atoms with Crippen LogP contribution in [-0.4, -0.2) is 23.0 Å². The topological polar surface area (TPSA) is 61.3 Å². The fourth-order valence-corrected chi connectivity index (χ4v) is 1.38. The van der Waals surface area contributed by atoms with Crippen molar-refractivity contribution in [3.05, 3.63) is 47.9 Å². The number of aryl methyl sites for hydroxylation is 1. The van der Waals surface area contributed by atoms with Gasteiger partial charge >= 0.3 is 5.97 Å². The molecular weight excluding hydrogens is 232 g/mol. The van der Waals surface area contributed by atoms with Crippen molar-refractivity contribution in [3.8, 4) is 11.6 Å². The van der Waals surface area contributed by atoms with Crippen LogP contribution in [0, 0.1) is 6.92 Å². The number of para-hydroxylation sites is 1. The average Bonchev–Trinajstić information content (AvgIpc) is 2.39. The first-order chi connectivity index (χ1) is 8.70. The molecule has 0 saturated heterocycles. The maximum Gasteiger partial charge on any atom is 0.345 e. The summed E-state index contributed by atoms with van der Waals surface area (Å²) in [5.74, 6) is 0.788. The first-order valence-electron chi connectivity index (χ1n) is 5.35. The lowest BCUT2D eigenvalue weighted by Crippen LogP contribution is -2.07. The third-order valence-corrected chi connectivity index (χ3v) is 2.24. The van der Waals surface area contributed by atoms with E-state index >= 15 is 0 Å². The number of hydrogen-bond donors (Lipinski definition) is 0. The number of esters is 1. The lowest BCUT2D eigenvalue weighted by Gasteiger charge is -2.08. The van der Waals surface area contributed by atoms with Crippen molar-refractivity contribution in [1.82, 2.24) is 9.97 Å². The number of nitrogens with zero attached hydrogens (tertiary/aromatic N) is 2. The van der Waals surface area contributed by atoms with E-state index in [0.717, 1.165) is 0 Å². The predicted molar refractivity (Wildman–Crippen MR) is 64.6 cm³/mol. The molecule has 0 spiro atoms. The van der Waals surface area contributed by atoms with Crippen molar-refractivity contribution >= 4 is 5.97 Å². The molecule has 0 N–H and O–H groups in total. The van der Waals surface area contributed by atoms with Crippen LogP contribution in [0.2, 0.25) is 0 Å². The molecule has 2 rings (SSSR count). The molecule has 1 aromatic carbocycles. The summed E-state index contributed by atoms with van der Waals surface area (Å²) in [6, 6.07) is 9.10. The molecule has 0 unspecified atom stereocenters. The zero-order valence-corrected chi connectivity index (χ0v) is 10.1. The molecule has 0 atom stereocenters. The maximum absolute atomic E-state index is 11.6. The van der Waals surface area contributed by atoms with E-state index < -0.39 is 5.97 Å². The maximum atomic E-state index is 11.6. The number of rotatable bonds is 3. The minimum atomic E-state index is -0.527. The summed E-state index contributed by atoms with van der Waals surface area (Å²) >= 11 is 0. The van der Waals surface area contributed by atoms with E-state index in [-0.39, 0.29) is 11.4 Å². The standard InChI is InChI=1S/C13H12N2O3/c1-9-14-8-11(13(16)17-2)12(15-9)18-10-6-4-3-5-7-10/h3-8H,1-2H3. The summed E-state index contributed by atoms with van der Waals surface area (Å²) in [5, 5.41) is 0. The number of aromatic nitrogens is 2. The predicted octanol–water partition coefficient (Wildman–Crippen LogP) is 2.36. The summed E-state index contributed by atoms with van der Waals surface area (Å²) in [6.45, 7) is 1.72. The van der Waals surface area contributed by atoms with E-state index in [1.54, 1.807) is 19.1 Å². The molecule has 0 aliphatic carbocycles. The molecule has 92 valence electrons. The highest BCUT2D eigenvalue weighted by atomic mass is 16.5. The SMILES string of the molecule is COC(=O)c1cnc(C)nc1Oc1ccccc1. The fourth-order valence-electron chi connectivity index (χ4n) is 1.38. The third kappa shape index (κ3) is 2.63. The van der Waals surface area contributed by atoms with Gasteiger partial charge in [-0.25, -0.2) is 9.78 Å². The summed E-state index contributed by atoms with van der Waals surface area (Å²) in [7, 11) is 1.30. The molecule has 0 radical (unpaired) electrons. The van der Waals surface area contributed by atoms with Gasteiger partial charge in [0.2, 0.25) is 5.88 Å². The summed E-state index contributed by atoms with van der Waals surface area (Å²) in [6.07, 6.45) is 1.40.